The van der Waals surface area contributed by atoms with Gasteiger partial charge in [0.2, 0.25) is 5.91 Å². The van der Waals surface area contributed by atoms with Gasteiger partial charge in [-0.1, -0.05) is 44.2 Å². The zero-order chi connectivity index (χ0) is 16.4. The molecule has 0 heterocycles. The van der Waals surface area contributed by atoms with Crippen LogP contribution in [-0.4, -0.2) is 35.0 Å². The number of carboxylic acid groups (broad SMARTS) is 1. The van der Waals surface area contributed by atoms with E-state index in [1.807, 2.05) is 32.0 Å². The Bertz CT molecular complexity index is 474. The first-order chi connectivity index (χ1) is 10.4. The molecule has 0 saturated carbocycles. The van der Waals surface area contributed by atoms with Crippen LogP contribution in [-0.2, 0) is 16.0 Å². The van der Waals surface area contributed by atoms with Crippen molar-refractivity contribution in [2.75, 3.05) is 18.1 Å². The highest BCUT2D eigenvalue weighted by molar-refractivity contribution is 7.99. The highest BCUT2D eigenvalue weighted by atomic mass is 32.2. The average molecular weight is 323 g/mol. The van der Waals surface area contributed by atoms with Gasteiger partial charge in [-0.05, 0) is 24.8 Å². The molecule has 0 fully saturated rings. The SMILES string of the molecule is CC(C)(CCCc1ccccc1)C(=O)NCCSCC(=O)O. The van der Waals surface area contributed by atoms with E-state index in [0.717, 1.165) is 19.3 Å². The van der Waals surface area contributed by atoms with Crippen molar-refractivity contribution in [3.8, 4) is 0 Å². The van der Waals surface area contributed by atoms with Crippen LogP contribution >= 0.6 is 11.8 Å². The first kappa shape index (κ1) is 18.6. The minimum atomic E-state index is -0.822. The Kier molecular flexibility index (Phi) is 8.02. The number of aryl methyl sites for hydroxylation is 1. The van der Waals surface area contributed by atoms with E-state index in [4.69, 9.17) is 5.11 Å². The van der Waals surface area contributed by atoms with Crippen LogP contribution in [0, 0.1) is 5.41 Å². The second-order valence-electron chi connectivity index (χ2n) is 5.93. The quantitative estimate of drug-likeness (QED) is 0.650. The summed E-state index contributed by atoms with van der Waals surface area (Å²) in [5.74, 6) is -0.0804. The van der Waals surface area contributed by atoms with Crippen LogP contribution in [0.3, 0.4) is 0 Å². The lowest BCUT2D eigenvalue weighted by atomic mass is 9.85. The number of hydrogen-bond acceptors (Lipinski definition) is 3. The Morgan fingerprint density at radius 2 is 1.91 bits per heavy atom. The van der Waals surface area contributed by atoms with Crippen molar-refractivity contribution in [3.63, 3.8) is 0 Å². The van der Waals surface area contributed by atoms with Crippen molar-refractivity contribution in [2.24, 2.45) is 5.41 Å². The number of carboxylic acids is 1. The minimum Gasteiger partial charge on any atom is -0.481 e. The van der Waals surface area contributed by atoms with E-state index in [-0.39, 0.29) is 11.7 Å². The molecule has 0 atom stereocenters. The fourth-order valence-corrected chi connectivity index (χ4v) is 2.69. The highest BCUT2D eigenvalue weighted by Crippen LogP contribution is 2.23. The molecule has 1 amide bonds. The lowest BCUT2D eigenvalue weighted by Crippen LogP contribution is -2.38. The molecule has 1 aromatic carbocycles. The molecule has 122 valence electrons. The van der Waals surface area contributed by atoms with E-state index >= 15 is 0 Å². The van der Waals surface area contributed by atoms with E-state index in [2.05, 4.69) is 17.4 Å². The molecule has 0 aliphatic rings. The zero-order valence-corrected chi connectivity index (χ0v) is 14.1. The fraction of sp³-hybridized carbons (Fsp3) is 0.529. The van der Waals surface area contributed by atoms with Crippen molar-refractivity contribution in [1.82, 2.24) is 5.32 Å². The highest BCUT2D eigenvalue weighted by Gasteiger charge is 2.26. The Hall–Kier alpha value is -1.49. The number of thioether (sulfide) groups is 1. The average Bonchev–Trinajstić information content (AvgIpc) is 2.47. The summed E-state index contributed by atoms with van der Waals surface area (Å²) in [5.41, 5.74) is 0.899. The third-order valence-electron chi connectivity index (χ3n) is 3.48. The van der Waals surface area contributed by atoms with Crippen LogP contribution in [0.4, 0.5) is 0 Å². The second-order valence-corrected chi connectivity index (χ2v) is 7.03. The van der Waals surface area contributed by atoms with E-state index in [1.165, 1.54) is 17.3 Å². The number of benzene rings is 1. The number of amides is 1. The summed E-state index contributed by atoms with van der Waals surface area (Å²) < 4.78 is 0. The summed E-state index contributed by atoms with van der Waals surface area (Å²) in [4.78, 5) is 22.6. The largest absolute Gasteiger partial charge is 0.481 e. The van der Waals surface area contributed by atoms with Crippen molar-refractivity contribution in [1.29, 1.82) is 0 Å². The van der Waals surface area contributed by atoms with Gasteiger partial charge in [0.25, 0.3) is 0 Å². The summed E-state index contributed by atoms with van der Waals surface area (Å²) in [6.45, 7) is 4.42. The molecule has 0 aliphatic carbocycles. The smallest absolute Gasteiger partial charge is 0.313 e. The Morgan fingerprint density at radius 3 is 2.55 bits per heavy atom. The topological polar surface area (TPSA) is 66.4 Å². The van der Waals surface area contributed by atoms with E-state index < -0.39 is 11.4 Å². The lowest BCUT2D eigenvalue weighted by Gasteiger charge is -2.23. The van der Waals surface area contributed by atoms with Crippen LogP contribution in [0.5, 0.6) is 0 Å². The van der Waals surface area contributed by atoms with Gasteiger partial charge in [-0.25, -0.2) is 0 Å². The summed E-state index contributed by atoms with van der Waals surface area (Å²) >= 11 is 1.31. The molecular weight excluding hydrogens is 298 g/mol. The third-order valence-corrected chi connectivity index (χ3v) is 4.43. The molecule has 1 rings (SSSR count). The maximum Gasteiger partial charge on any atom is 0.313 e. The van der Waals surface area contributed by atoms with Crippen LogP contribution in [0.1, 0.15) is 32.3 Å². The molecule has 0 bridgehead atoms. The molecule has 0 unspecified atom stereocenters. The molecule has 0 aromatic heterocycles. The molecule has 5 heteroatoms. The molecule has 22 heavy (non-hydrogen) atoms. The summed E-state index contributed by atoms with van der Waals surface area (Å²) in [7, 11) is 0. The maximum atomic E-state index is 12.2. The standard InChI is InChI=1S/C17H25NO3S/c1-17(2,10-6-9-14-7-4-3-5-8-14)16(21)18-11-12-22-13-15(19)20/h3-5,7-8H,6,9-13H2,1-2H3,(H,18,21)(H,19,20). The number of rotatable bonds is 10. The first-order valence-corrected chi connectivity index (χ1v) is 8.69. The van der Waals surface area contributed by atoms with Gasteiger partial charge in [0.05, 0.1) is 5.75 Å². The van der Waals surface area contributed by atoms with E-state index in [0.29, 0.717) is 12.3 Å². The molecule has 2 N–H and O–H groups in total. The van der Waals surface area contributed by atoms with E-state index in [9.17, 15) is 9.59 Å². The monoisotopic (exact) mass is 323 g/mol. The van der Waals surface area contributed by atoms with Gasteiger partial charge in [0.1, 0.15) is 0 Å². The molecule has 0 spiro atoms. The van der Waals surface area contributed by atoms with Crippen molar-refractivity contribution in [2.45, 2.75) is 33.1 Å². The second kappa shape index (κ2) is 9.51. The molecule has 0 radical (unpaired) electrons. The maximum absolute atomic E-state index is 12.2. The van der Waals surface area contributed by atoms with Gasteiger partial charge >= 0.3 is 5.97 Å². The van der Waals surface area contributed by atoms with Crippen LogP contribution in [0.2, 0.25) is 0 Å². The van der Waals surface area contributed by atoms with Gasteiger partial charge in [0.15, 0.2) is 0 Å². The number of carbonyl (C=O) groups is 2. The van der Waals surface area contributed by atoms with E-state index in [1.54, 1.807) is 0 Å². The number of hydrogen-bond donors (Lipinski definition) is 2. The molecule has 4 nitrogen and oxygen atoms in total. The predicted octanol–water partition coefficient (Wildman–Crippen LogP) is 2.97. The number of nitrogens with one attached hydrogen (secondary N) is 1. The van der Waals surface area contributed by atoms with Crippen molar-refractivity contribution >= 4 is 23.6 Å². The van der Waals surface area contributed by atoms with Gasteiger partial charge in [-0.2, -0.15) is 0 Å². The Labute approximate surface area is 136 Å². The first-order valence-electron chi connectivity index (χ1n) is 7.53. The van der Waals surface area contributed by atoms with Gasteiger partial charge in [-0.15, -0.1) is 11.8 Å². The molecule has 0 aliphatic heterocycles. The predicted molar refractivity (Wildman–Crippen MR) is 91.1 cm³/mol. The molecule has 0 saturated heterocycles. The van der Waals surface area contributed by atoms with Crippen LogP contribution < -0.4 is 5.32 Å². The Balaban J connectivity index is 2.23. The summed E-state index contributed by atoms with van der Waals surface area (Å²) in [6, 6.07) is 10.3. The zero-order valence-electron chi connectivity index (χ0n) is 13.3. The molecular formula is C17H25NO3S. The minimum absolute atomic E-state index is 0.0384. The fourth-order valence-electron chi connectivity index (χ4n) is 2.13. The summed E-state index contributed by atoms with van der Waals surface area (Å²) in [6.07, 6.45) is 2.78. The number of aliphatic carboxylic acids is 1. The van der Waals surface area contributed by atoms with Crippen molar-refractivity contribution < 1.29 is 14.7 Å². The lowest BCUT2D eigenvalue weighted by molar-refractivity contribution is -0.134. The van der Waals surface area contributed by atoms with Gasteiger partial charge in [0, 0.05) is 17.7 Å². The van der Waals surface area contributed by atoms with Crippen molar-refractivity contribution in [3.05, 3.63) is 35.9 Å². The third kappa shape index (κ3) is 7.50. The van der Waals surface area contributed by atoms with Gasteiger partial charge < -0.3 is 10.4 Å². The Morgan fingerprint density at radius 1 is 1.23 bits per heavy atom. The van der Waals surface area contributed by atoms with Crippen LogP contribution in [0.25, 0.3) is 0 Å². The number of carbonyl (C=O) groups excluding carboxylic acids is 1. The molecule has 1 aromatic rings. The van der Waals surface area contributed by atoms with Gasteiger partial charge in [-0.3, -0.25) is 9.59 Å². The normalized spacial score (nSPS) is 11.2. The van der Waals surface area contributed by atoms with Crippen LogP contribution in [0.15, 0.2) is 30.3 Å². The summed E-state index contributed by atoms with van der Waals surface area (Å²) in [5, 5.41) is 11.4.